The van der Waals surface area contributed by atoms with Crippen molar-refractivity contribution in [3.63, 3.8) is 0 Å². The van der Waals surface area contributed by atoms with Crippen molar-refractivity contribution in [2.24, 2.45) is 0 Å². The molecule has 3 heteroatoms. The van der Waals surface area contributed by atoms with Crippen LogP contribution in [0.25, 0.3) is 0 Å². The Morgan fingerprint density at radius 3 is 1.76 bits per heavy atom. The summed E-state index contributed by atoms with van der Waals surface area (Å²) in [5.74, 6) is 0. The van der Waals surface area contributed by atoms with Gasteiger partial charge in [-0.25, -0.2) is 0 Å². The molecule has 2 nitrogen and oxygen atoms in total. The molecule has 0 unspecified atom stereocenters. The van der Waals surface area contributed by atoms with E-state index in [2.05, 4.69) is 93.5 Å². The molecule has 0 aromatic heterocycles. The molecule has 0 radical (unpaired) electrons. The van der Waals surface area contributed by atoms with E-state index < -0.39 is 13.3 Å². The molecule has 3 atom stereocenters. The van der Waals surface area contributed by atoms with Crippen LogP contribution in [0.5, 0.6) is 0 Å². The zero-order valence-electron chi connectivity index (χ0n) is 16.0. The molecule has 1 fully saturated rings. The van der Waals surface area contributed by atoms with Gasteiger partial charge in [-0.1, -0.05) is 0 Å². The molecular weight excluding hydrogens is 367 g/mol. The van der Waals surface area contributed by atoms with E-state index in [1.165, 1.54) is 26.9 Å². The van der Waals surface area contributed by atoms with Crippen molar-refractivity contribution in [3.8, 4) is 0 Å². The van der Waals surface area contributed by atoms with Gasteiger partial charge in [-0.15, -0.1) is 0 Å². The number of rotatable bonds is 6. The first-order valence-electron chi connectivity index (χ1n) is 9.66. The van der Waals surface area contributed by atoms with Gasteiger partial charge in [0.05, 0.1) is 0 Å². The van der Waals surface area contributed by atoms with Gasteiger partial charge in [0.1, 0.15) is 0 Å². The second-order valence-corrected chi connectivity index (χ2v) is 18.9. The Labute approximate surface area is 155 Å². The van der Waals surface area contributed by atoms with Gasteiger partial charge in [0.15, 0.2) is 0 Å². The van der Waals surface area contributed by atoms with Crippen molar-refractivity contribution in [2.45, 2.75) is 53.4 Å². The van der Waals surface area contributed by atoms with Crippen LogP contribution in [0, 0.1) is 0 Å². The fraction of sp³-hybridized carbons (Fsp3) is 0.455. The van der Waals surface area contributed by atoms with E-state index in [-0.39, 0.29) is 6.10 Å². The molecule has 2 aromatic rings. The normalized spacial score (nSPS) is 24.6. The van der Waals surface area contributed by atoms with E-state index in [0.29, 0.717) is 10.8 Å². The molecule has 25 heavy (non-hydrogen) atoms. The summed E-state index contributed by atoms with van der Waals surface area (Å²) in [6.45, 7) is 7.28. The number of hydrogen-bond acceptors (Lipinski definition) is 2. The Kier molecular flexibility index (Phi) is 6.03. The molecule has 1 aliphatic heterocycles. The van der Waals surface area contributed by atoms with Crippen molar-refractivity contribution in [2.75, 3.05) is 7.05 Å². The molecule has 134 valence electrons. The van der Waals surface area contributed by atoms with E-state index in [1.807, 2.05) is 0 Å². The number of nitrogens with zero attached hydrogens (tertiary/aromatic N) is 1. The Morgan fingerprint density at radius 1 is 0.800 bits per heavy atom. The van der Waals surface area contributed by atoms with E-state index in [9.17, 15) is 0 Å². The standard InChI is InChI=1S/C22H31GeNO/c1-5-23(6-2,7-3)20-21(18-14-10-8-11-15-18)24(4)25-22(20)19-16-12-9-13-17-19/h8-17,20-22H,5-7H2,1-4H3/t20-,21-,22+/m1/s1. The summed E-state index contributed by atoms with van der Waals surface area (Å²) in [5.41, 5.74) is 2.74. The predicted molar refractivity (Wildman–Crippen MR) is 108 cm³/mol. The summed E-state index contributed by atoms with van der Waals surface area (Å²) in [6, 6.07) is 22.2. The third kappa shape index (κ3) is 3.44. The average molecular weight is 398 g/mol. The van der Waals surface area contributed by atoms with Crippen molar-refractivity contribution in [3.05, 3.63) is 71.8 Å². The van der Waals surface area contributed by atoms with Crippen LogP contribution < -0.4 is 0 Å². The summed E-state index contributed by atoms with van der Waals surface area (Å²) < 4.78 is 0.620. The fourth-order valence-corrected chi connectivity index (χ4v) is 15.0. The van der Waals surface area contributed by atoms with Gasteiger partial charge >= 0.3 is 155 Å². The number of hydroxylamine groups is 2. The van der Waals surface area contributed by atoms with Gasteiger partial charge < -0.3 is 0 Å². The third-order valence-electron chi connectivity index (χ3n) is 6.43. The molecule has 0 aliphatic carbocycles. The molecule has 0 amide bonds. The van der Waals surface area contributed by atoms with E-state index in [0.717, 1.165) is 0 Å². The van der Waals surface area contributed by atoms with Crippen LogP contribution in [0.1, 0.15) is 44.0 Å². The monoisotopic (exact) mass is 399 g/mol. The first-order valence-corrected chi connectivity index (χ1v) is 15.3. The second-order valence-electron chi connectivity index (χ2n) is 7.29. The molecule has 2 aromatic carbocycles. The van der Waals surface area contributed by atoms with Gasteiger partial charge in [-0.3, -0.25) is 0 Å². The zero-order valence-corrected chi connectivity index (χ0v) is 18.1. The van der Waals surface area contributed by atoms with Crippen LogP contribution in [0.15, 0.2) is 60.7 Å². The first-order chi connectivity index (χ1) is 12.2. The summed E-state index contributed by atoms with van der Waals surface area (Å²) >= 11 is -2.10. The van der Waals surface area contributed by atoms with Crippen LogP contribution in [-0.2, 0) is 4.84 Å². The van der Waals surface area contributed by atoms with Gasteiger partial charge in [-0.2, -0.15) is 0 Å². The second kappa shape index (κ2) is 8.07. The summed E-state index contributed by atoms with van der Waals surface area (Å²) in [4.78, 5) is 6.52. The summed E-state index contributed by atoms with van der Waals surface area (Å²) in [5, 5.41) is 6.24. The van der Waals surface area contributed by atoms with E-state index >= 15 is 0 Å². The Bertz CT molecular complexity index is 648. The van der Waals surface area contributed by atoms with Crippen LogP contribution in [0.4, 0.5) is 0 Å². The van der Waals surface area contributed by atoms with Crippen LogP contribution in [0.3, 0.4) is 0 Å². The van der Waals surface area contributed by atoms with Crippen LogP contribution >= 0.6 is 0 Å². The van der Waals surface area contributed by atoms with E-state index in [1.54, 1.807) is 0 Å². The minimum atomic E-state index is -2.10. The molecule has 3 rings (SSSR count). The Balaban J connectivity index is 2.11. The van der Waals surface area contributed by atoms with E-state index in [4.69, 9.17) is 4.84 Å². The Morgan fingerprint density at radius 2 is 1.28 bits per heavy atom. The molecule has 0 saturated carbocycles. The van der Waals surface area contributed by atoms with Crippen LogP contribution in [0.2, 0.25) is 20.5 Å². The van der Waals surface area contributed by atoms with Crippen LogP contribution in [-0.4, -0.2) is 25.4 Å². The van der Waals surface area contributed by atoms with Crippen molar-refractivity contribution >= 4 is 13.3 Å². The number of hydrogen-bond donors (Lipinski definition) is 0. The Hall–Kier alpha value is -1.10. The maximum absolute atomic E-state index is 6.52. The fourth-order valence-electron chi connectivity index (χ4n) is 4.79. The predicted octanol–water partition coefficient (Wildman–Crippen LogP) is 6.22. The number of benzene rings is 2. The minimum absolute atomic E-state index is 0.191. The van der Waals surface area contributed by atoms with Gasteiger partial charge in [-0.05, 0) is 0 Å². The molecule has 1 aliphatic rings. The molecular formula is C22H31GeNO. The molecule has 0 spiro atoms. The SMILES string of the molecule is C[CH2][Ge]([CH2]C)([CH2]C)[C@@H]1[C@@H](c2ccccc2)N(C)O[C@H]1c1ccccc1. The zero-order chi connectivity index (χ0) is 17.9. The van der Waals surface area contributed by atoms with Gasteiger partial charge in [0.25, 0.3) is 0 Å². The van der Waals surface area contributed by atoms with Gasteiger partial charge in [0.2, 0.25) is 0 Å². The molecule has 1 heterocycles. The topological polar surface area (TPSA) is 12.5 Å². The maximum atomic E-state index is 6.52. The summed E-state index contributed by atoms with van der Waals surface area (Å²) in [6.07, 6.45) is 0.191. The molecule has 1 saturated heterocycles. The van der Waals surface area contributed by atoms with Gasteiger partial charge in [0, 0.05) is 0 Å². The van der Waals surface area contributed by atoms with Crippen molar-refractivity contribution in [1.82, 2.24) is 5.06 Å². The molecule has 0 N–H and O–H groups in total. The first kappa shape index (κ1) is 18.7. The quantitative estimate of drug-likeness (QED) is 0.536. The third-order valence-corrected chi connectivity index (χ3v) is 19.6. The molecule has 0 bridgehead atoms. The van der Waals surface area contributed by atoms with Crippen molar-refractivity contribution < 1.29 is 4.84 Å². The summed E-state index contributed by atoms with van der Waals surface area (Å²) in [7, 11) is 2.13. The average Bonchev–Trinajstić information content (AvgIpc) is 3.03. The van der Waals surface area contributed by atoms with Crippen molar-refractivity contribution in [1.29, 1.82) is 0 Å².